The molecule has 1 amide bonds. The minimum absolute atomic E-state index is 0.0688. The average molecular weight is 295 g/mol. The molecule has 1 aliphatic heterocycles. The van der Waals surface area contributed by atoms with Crippen LogP contribution in [-0.2, 0) is 4.79 Å². The van der Waals surface area contributed by atoms with E-state index in [0.717, 1.165) is 24.2 Å². The van der Waals surface area contributed by atoms with Crippen LogP contribution >= 0.6 is 11.6 Å². The van der Waals surface area contributed by atoms with Crippen molar-refractivity contribution in [1.29, 1.82) is 0 Å². The van der Waals surface area contributed by atoms with Crippen LogP contribution in [-0.4, -0.2) is 30.0 Å². The van der Waals surface area contributed by atoms with Gasteiger partial charge in [0.25, 0.3) is 0 Å². The highest BCUT2D eigenvalue weighted by atomic mass is 35.5. The molecule has 1 aliphatic carbocycles. The molecule has 1 saturated carbocycles. The molecular weight excluding hydrogens is 276 g/mol. The van der Waals surface area contributed by atoms with Crippen LogP contribution in [0.1, 0.15) is 37.3 Å². The number of halogens is 1. The van der Waals surface area contributed by atoms with Crippen molar-refractivity contribution in [2.75, 3.05) is 7.11 Å². The van der Waals surface area contributed by atoms with Gasteiger partial charge in [-0.25, -0.2) is 0 Å². The lowest BCUT2D eigenvalue weighted by Crippen LogP contribution is -2.49. The average Bonchev–Trinajstić information content (AvgIpc) is 3.25. The molecule has 5 heteroatoms. The van der Waals surface area contributed by atoms with E-state index in [-0.39, 0.29) is 18.0 Å². The summed E-state index contributed by atoms with van der Waals surface area (Å²) in [6, 6.07) is 5.65. The first kappa shape index (κ1) is 13.7. The van der Waals surface area contributed by atoms with Crippen molar-refractivity contribution in [3.63, 3.8) is 0 Å². The van der Waals surface area contributed by atoms with E-state index in [4.69, 9.17) is 22.1 Å². The number of nitrogens with zero attached hydrogens (tertiary/aromatic N) is 1. The van der Waals surface area contributed by atoms with Gasteiger partial charge in [0, 0.05) is 29.1 Å². The van der Waals surface area contributed by atoms with E-state index >= 15 is 0 Å². The van der Waals surface area contributed by atoms with E-state index in [9.17, 15) is 4.79 Å². The molecule has 2 aliphatic rings. The summed E-state index contributed by atoms with van der Waals surface area (Å²) in [6.07, 6.45) is 3.38. The van der Waals surface area contributed by atoms with Crippen molar-refractivity contribution in [2.45, 2.75) is 43.8 Å². The number of carbonyl (C=O) groups excluding carboxylic acids is 1. The number of benzene rings is 1. The summed E-state index contributed by atoms with van der Waals surface area (Å²) < 4.78 is 5.43. The van der Waals surface area contributed by atoms with Gasteiger partial charge in [0.1, 0.15) is 5.75 Å². The highest BCUT2D eigenvalue weighted by molar-refractivity contribution is 6.30. The number of nitrogens with two attached hydrogens (primary N) is 1. The first-order valence-corrected chi connectivity index (χ1v) is 7.40. The Hall–Kier alpha value is -1.26. The van der Waals surface area contributed by atoms with E-state index in [1.807, 2.05) is 17.0 Å². The predicted molar refractivity (Wildman–Crippen MR) is 77.8 cm³/mol. The summed E-state index contributed by atoms with van der Waals surface area (Å²) in [5.74, 6) is 0.941. The Labute approximate surface area is 123 Å². The molecule has 1 aromatic carbocycles. The summed E-state index contributed by atoms with van der Waals surface area (Å²) >= 11 is 6.12. The van der Waals surface area contributed by atoms with Crippen molar-refractivity contribution in [2.24, 2.45) is 5.73 Å². The van der Waals surface area contributed by atoms with E-state index in [0.29, 0.717) is 23.9 Å². The molecular formula is C15H19ClN2O2. The van der Waals surface area contributed by atoms with Crippen LogP contribution in [0.2, 0.25) is 5.02 Å². The van der Waals surface area contributed by atoms with Gasteiger partial charge in [-0.1, -0.05) is 11.6 Å². The number of amides is 1. The predicted octanol–water partition coefficient (Wildman–Crippen LogP) is 2.50. The standard InChI is InChI=1S/C15H19ClN2O2/c1-20-13-6-2-9(16)8-11(13)15-12(17)5-7-14(19)18(15)10-3-4-10/h2,6,8,10,12,15H,3-5,7,17H2,1H3. The Balaban J connectivity index is 2.04. The summed E-state index contributed by atoms with van der Waals surface area (Å²) in [7, 11) is 1.63. The van der Waals surface area contributed by atoms with Crippen molar-refractivity contribution in [3.05, 3.63) is 28.8 Å². The number of hydrogen-bond acceptors (Lipinski definition) is 3. The van der Waals surface area contributed by atoms with Crippen LogP contribution in [0, 0.1) is 0 Å². The Morgan fingerprint density at radius 3 is 2.75 bits per heavy atom. The highest BCUT2D eigenvalue weighted by Crippen LogP contribution is 2.43. The molecule has 20 heavy (non-hydrogen) atoms. The third-order valence-corrected chi connectivity index (χ3v) is 4.37. The van der Waals surface area contributed by atoms with Gasteiger partial charge in [-0.05, 0) is 37.5 Å². The second-order valence-electron chi connectivity index (χ2n) is 5.57. The van der Waals surface area contributed by atoms with Crippen LogP contribution in [0.15, 0.2) is 18.2 Å². The van der Waals surface area contributed by atoms with Crippen molar-refractivity contribution in [1.82, 2.24) is 4.90 Å². The maximum atomic E-state index is 12.3. The van der Waals surface area contributed by atoms with E-state index in [1.54, 1.807) is 13.2 Å². The topological polar surface area (TPSA) is 55.6 Å². The molecule has 0 radical (unpaired) electrons. The summed E-state index contributed by atoms with van der Waals surface area (Å²) in [6.45, 7) is 0. The minimum Gasteiger partial charge on any atom is -0.496 e. The first-order chi connectivity index (χ1) is 9.61. The van der Waals surface area contributed by atoms with Crippen molar-refractivity contribution in [3.8, 4) is 5.75 Å². The molecule has 2 atom stereocenters. The molecule has 1 saturated heterocycles. The second-order valence-corrected chi connectivity index (χ2v) is 6.00. The van der Waals surface area contributed by atoms with Crippen molar-refractivity contribution >= 4 is 17.5 Å². The molecule has 4 nitrogen and oxygen atoms in total. The molecule has 1 heterocycles. The Kier molecular flexibility index (Phi) is 3.61. The third-order valence-electron chi connectivity index (χ3n) is 4.14. The second kappa shape index (κ2) is 5.26. The Morgan fingerprint density at radius 1 is 1.35 bits per heavy atom. The van der Waals surface area contributed by atoms with Gasteiger partial charge in [0.15, 0.2) is 0 Å². The van der Waals surface area contributed by atoms with Crippen LogP contribution in [0.25, 0.3) is 0 Å². The number of carbonyl (C=O) groups is 1. The number of rotatable bonds is 3. The molecule has 3 rings (SSSR count). The third kappa shape index (κ3) is 2.38. The smallest absolute Gasteiger partial charge is 0.223 e. The van der Waals surface area contributed by atoms with Crippen LogP contribution < -0.4 is 10.5 Å². The van der Waals surface area contributed by atoms with Crippen LogP contribution in [0.5, 0.6) is 5.75 Å². The van der Waals surface area contributed by atoms with E-state index < -0.39 is 0 Å². The monoisotopic (exact) mass is 294 g/mol. The van der Waals surface area contributed by atoms with Gasteiger partial charge < -0.3 is 15.4 Å². The van der Waals surface area contributed by atoms with Crippen molar-refractivity contribution < 1.29 is 9.53 Å². The minimum atomic E-state index is -0.127. The molecule has 2 N–H and O–H groups in total. The maximum absolute atomic E-state index is 12.3. The highest BCUT2D eigenvalue weighted by Gasteiger charge is 2.43. The normalized spacial score (nSPS) is 26.8. The number of piperidine rings is 1. The Bertz CT molecular complexity index is 531. The molecule has 0 spiro atoms. The van der Waals surface area contributed by atoms with Crippen LogP contribution in [0.4, 0.5) is 0 Å². The maximum Gasteiger partial charge on any atom is 0.223 e. The van der Waals surface area contributed by atoms with Gasteiger partial charge in [-0.3, -0.25) is 4.79 Å². The SMILES string of the molecule is COc1ccc(Cl)cc1C1C(N)CCC(=O)N1C1CC1. The lowest BCUT2D eigenvalue weighted by Gasteiger charge is -2.40. The number of likely N-dealkylation sites (tertiary alicyclic amines) is 1. The number of ether oxygens (including phenoxy) is 1. The quantitative estimate of drug-likeness (QED) is 0.932. The zero-order valence-corrected chi connectivity index (χ0v) is 12.3. The fourth-order valence-electron chi connectivity index (χ4n) is 3.04. The fourth-order valence-corrected chi connectivity index (χ4v) is 3.22. The summed E-state index contributed by atoms with van der Waals surface area (Å²) in [5, 5.41) is 0.641. The molecule has 2 unspecified atom stereocenters. The zero-order valence-electron chi connectivity index (χ0n) is 11.5. The van der Waals surface area contributed by atoms with E-state index in [1.165, 1.54) is 0 Å². The van der Waals surface area contributed by atoms with Gasteiger partial charge in [-0.15, -0.1) is 0 Å². The van der Waals surface area contributed by atoms with Gasteiger partial charge in [0.2, 0.25) is 5.91 Å². The summed E-state index contributed by atoms with van der Waals surface area (Å²) in [4.78, 5) is 14.2. The number of hydrogen-bond donors (Lipinski definition) is 1. The largest absolute Gasteiger partial charge is 0.496 e. The Morgan fingerprint density at radius 2 is 2.10 bits per heavy atom. The molecule has 0 bridgehead atoms. The van der Waals surface area contributed by atoms with E-state index in [2.05, 4.69) is 0 Å². The van der Waals surface area contributed by atoms with Gasteiger partial charge >= 0.3 is 0 Å². The molecule has 0 aromatic heterocycles. The summed E-state index contributed by atoms with van der Waals surface area (Å²) in [5.41, 5.74) is 7.23. The zero-order chi connectivity index (χ0) is 14.3. The lowest BCUT2D eigenvalue weighted by atomic mass is 9.89. The molecule has 108 valence electrons. The molecule has 2 fully saturated rings. The fraction of sp³-hybridized carbons (Fsp3) is 0.533. The van der Waals surface area contributed by atoms with Crippen LogP contribution in [0.3, 0.4) is 0 Å². The lowest BCUT2D eigenvalue weighted by molar-refractivity contribution is -0.138. The molecule has 1 aromatic rings. The van der Waals surface area contributed by atoms with Gasteiger partial charge in [0.05, 0.1) is 13.2 Å². The first-order valence-electron chi connectivity index (χ1n) is 7.02. The van der Waals surface area contributed by atoms with Gasteiger partial charge in [-0.2, -0.15) is 0 Å². The number of methoxy groups -OCH3 is 1.